The summed E-state index contributed by atoms with van der Waals surface area (Å²) in [6, 6.07) is 5.49. The number of aryl methyl sites for hydroxylation is 1. The van der Waals surface area contributed by atoms with Crippen LogP contribution >= 0.6 is 0 Å². The summed E-state index contributed by atoms with van der Waals surface area (Å²) in [6.45, 7) is 5.29. The highest BCUT2D eigenvalue weighted by Gasteiger charge is 2.30. The van der Waals surface area contributed by atoms with E-state index in [0.29, 0.717) is 17.9 Å². The first kappa shape index (κ1) is 12.9. The predicted octanol–water partition coefficient (Wildman–Crippen LogP) is 1.88. The molecular weight excluding hydrogens is 228 g/mol. The molecule has 1 aliphatic rings. The van der Waals surface area contributed by atoms with E-state index in [1.807, 2.05) is 26.0 Å². The van der Waals surface area contributed by atoms with Gasteiger partial charge in [0.1, 0.15) is 0 Å². The predicted molar refractivity (Wildman–Crippen MR) is 71.5 cm³/mol. The van der Waals surface area contributed by atoms with Crippen molar-refractivity contribution in [2.75, 3.05) is 18.9 Å². The standard InChI is InChI=1S/C14H20N2O2/c1-10-4-5-12(15)11(8-10)13(17)16-14(2)6-3-7-18-9-14/h4-5,8H,3,6-7,9,15H2,1-2H3,(H,16,17). The Morgan fingerprint density at radius 1 is 1.50 bits per heavy atom. The monoisotopic (exact) mass is 248 g/mol. The number of nitrogens with two attached hydrogens (primary N) is 1. The van der Waals surface area contributed by atoms with Crippen molar-refractivity contribution >= 4 is 11.6 Å². The second-order valence-electron chi connectivity index (χ2n) is 5.26. The summed E-state index contributed by atoms with van der Waals surface area (Å²) in [6.07, 6.45) is 1.91. The number of benzene rings is 1. The van der Waals surface area contributed by atoms with Crippen molar-refractivity contribution in [3.63, 3.8) is 0 Å². The highest BCUT2D eigenvalue weighted by atomic mass is 16.5. The van der Waals surface area contributed by atoms with Gasteiger partial charge in [-0.05, 0) is 38.8 Å². The summed E-state index contributed by atoms with van der Waals surface area (Å²) in [5.41, 5.74) is 7.64. The molecule has 1 atom stereocenters. The minimum atomic E-state index is -0.286. The van der Waals surface area contributed by atoms with Crippen LogP contribution in [0.1, 0.15) is 35.7 Å². The van der Waals surface area contributed by atoms with Crippen molar-refractivity contribution in [2.24, 2.45) is 0 Å². The van der Waals surface area contributed by atoms with Crippen LogP contribution in [0.3, 0.4) is 0 Å². The number of rotatable bonds is 2. The zero-order valence-corrected chi connectivity index (χ0v) is 11.0. The molecule has 2 rings (SSSR count). The van der Waals surface area contributed by atoms with Gasteiger partial charge in [0, 0.05) is 12.3 Å². The Morgan fingerprint density at radius 3 is 2.94 bits per heavy atom. The maximum absolute atomic E-state index is 12.2. The van der Waals surface area contributed by atoms with E-state index >= 15 is 0 Å². The topological polar surface area (TPSA) is 64.4 Å². The van der Waals surface area contributed by atoms with E-state index in [4.69, 9.17) is 10.5 Å². The number of hydrogen-bond acceptors (Lipinski definition) is 3. The first-order valence-electron chi connectivity index (χ1n) is 6.27. The van der Waals surface area contributed by atoms with Crippen molar-refractivity contribution in [3.8, 4) is 0 Å². The summed E-state index contributed by atoms with van der Waals surface area (Å²) in [7, 11) is 0. The molecule has 0 radical (unpaired) electrons. The summed E-state index contributed by atoms with van der Waals surface area (Å²) >= 11 is 0. The smallest absolute Gasteiger partial charge is 0.253 e. The largest absolute Gasteiger partial charge is 0.398 e. The molecule has 4 nitrogen and oxygen atoms in total. The molecule has 0 aliphatic carbocycles. The summed E-state index contributed by atoms with van der Waals surface area (Å²) in [4.78, 5) is 12.2. The minimum Gasteiger partial charge on any atom is -0.398 e. The van der Waals surface area contributed by atoms with Crippen molar-refractivity contribution in [1.82, 2.24) is 5.32 Å². The van der Waals surface area contributed by atoms with Crippen LogP contribution in [0.4, 0.5) is 5.69 Å². The third-order valence-corrected chi connectivity index (χ3v) is 3.31. The molecule has 18 heavy (non-hydrogen) atoms. The Hall–Kier alpha value is -1.55. The number of amides is 1. The summed E-state index contributed by atoms with van der Waals surface area (Å²) in [5, 5.41) is 3.04. The van der Waals surface area contributed by atoms with Gasteiger partial charge in [-0.25, -0.2) is 0 Å². The van der Waals surface area contributed by atoms with Gasteiger partial charge in [-0.3, -0.25) is 4.79 Å². The van der Waals surface area contributed by atoms with E-state index in [-0.39, 0.29) is 11.4 Å². The van der Waals surface area contributed by atoms with Gasteiger partial charge in [-0.1, -0.05) is 11.6 Å². The molecule has 1 unspecified atom stereocenters. The lowest BCUT2D eigenvalue weighted by Crippen LogP contribution is -2.51. The molecule has 0 bridgehead atoms. The third kappa shape index (κ3) is 2.82. The van der Waals surface area contributed by atoms with Crippen molar-refractivity contribution in [1.29, 1.82) is 0 Å². The minimum absolute atomic E-state index is 0.121. The zero-order valence-electron chi connectivity index (χ0n) is 11.0. The zero-order chi connectivity index (χ0) is 13.2. The number of nitrogens with one attached hydrogen (secondary N) is 1. The molecule has 1 aromatic carbocycles. The number of carbonyl (C=O) groups excluding carboxylic acids is 1. The van der Waals surface area contributed by atoms with Gasteiger partial charge >= 0.3 is 0 Å². The molecule has 1 saturated heterocycles. The summed E-state index contributed by atoms with van der Waals surface area (Å²) in [5.74, 6) is -0.121. The second kappa shape index (κ2) is 4.98. The van der Waals surface area contributed by atoms with Crippen molar-refractivity contribution in [3.05, 3.63) is 29.3 Å². The SMILES string of the molecule is Cc1ccc(N)c(C(=O)NC2(C)CCCOC2)c1. The van der Waals surface area contributed by atoms with Gasteiger partial charge < -0.3 is 15.8 Å². The quantitative estimate of drug-likeness (QED) is 0.785. The van der Waals surface area contributed by atoms with Gasteiger partial charge in [0.2, 0.25) is 0 Å². The van der Waals surface area contributed by atoms with Crippen LogP contribution in [0, 0.1) is 6.92 Å². The maximum Gasteiger partial charge on any atom is 0.253 e. The fraction of sp³-hybridized carbons (Fsp3) is 0.500. The van der Waals surface area contributed by atoms with Gasteiger partial charge in [-0.2, -0.15) is 0 Å². The fourth-order valence-corrected chi connectivity index (χ4v) is 2.24. The van der Waals surface area contributed by atoms with Crippen LogP contribution in [0.2, 0.25) is 0 Å². The van der Waals surface area contributed by atoms with Crippen LogP contribution < -0.4 is 11.1 Å². The lowest BCUT2D eigenvalue weighted by atomic mass is 9.94. The molecule has 3 N–H and O–H groups in total. The Bertz CT molecular complexity index is 451. The molecule has 4 heteroatoms. The van der Waals surface area contributed by atoms with Crippen LogP contribution in [-0.2, 0) is 4.74 Å². The lowest BCUT2D eigenvalue weighted by molar-refractivity contribution is 0.0273. The molecule has 0 aromatic heterocycles. The van der Waals surface area contributed by atoms with Crippen LogP contribution in [0.25, 0.3) is 0 Å². The maximum atomic E-state index is 12.2. The number of nitrogen functional groups attached to an aromatic ring is 1. The van der Waals surface area contributed by atoms with Gasteiger partial charge in [0.25, 0.3) is 5.91 Å². The molecular formula is C14H20N2O2. The van der Waals surface area contributed by atoms with Crippen LogP contribution in [-0.4, -0.2) is 24.7 Å². The van der Waals surface area contributed by atoms with E-state index in [0.717, 1.165) is 25.0 Å². The molecule has 0 spiro atoms. The fourth-order valence-electron chi connectivity index (χ4n) is 2.24. The van der Waals surface area contributed by atoms with E-state index in [1.165, 1.54) is 0 Å². The molecule has 1 heterocycles. The molecule has 1 aliphatic heterocycles. The molecule has 1 amide bonds. The van der Waals surface area contributed by atoms with Crippen molar-refractivity contribution < 1.29 is 9.53 Å². The highest BCUT2D eigenvalue weighted by Crippen LogP contribution is 2.20. The molecule has 0 saturated carbocycles. The van der Waals surface area contributed by atoms with Crippen molar-refractivity contribution in [2.45, 2.75) is 32.2 Å². The van der Waals surface area contributed by atoms with E-state index < -0.39 is 0 Å². The second-order valence-corrected chi connectivity index (χ2v) is 5.26. The Morgan fingerprint density at radius 2 is 2.28 bits per heavy atom. The molecule has 1 fully saturated rings. The van der Waals surface area contributed by atoms with E-state index in [1.54, 1.807) is 6.07 Å². The number of ether oxygens (including phenoxy) is 1. The number of anilines is 1. The normalized spacial score (nSPS) is 23.7. The number of carbonyl (C=O) groups is 1. The van der Waals surface area contributed by atoms with Crippen LogP contribution in [0.5, 0.6) is 0 Å². The lowest BCUT2D eigenvalue weighted by Gasteiger charge is -2.34. The summed E-state index contributed by atoms with van der Waals surface area (Å²) < 4.78 is 5.43. The first-order valence-corrected chi connectivity index (χ1v) is 6.27. The Balaban J connectivity index is 2.14. The van der Waals surface area contributed by atoms with Gasteiger partial charge in [0.15, 0.2) is 0 Å². The van der Waals surface area contributed by atoms with Gasteiger partial charge in [-0.15, -0.1) is 0 Å². The molecule has 1 aromatic rings. The first-order chi connectivity index (χ1) is 8.50. The van der Waals surface area contributed by atoms with E-state index in [9.17, 15) is 4.79 Å². The average molecular weight is 248 g/mol. The highest BCUT2D eigenvalue weighted by molar-refractivity contribution is 5.99. The Labute approximate surface area is 108 Å². The van der Waals surface area contributed by atoms with E-state index in [2.05, 4.69) is 5.32 Å². The third-order valence-electron chi connectivity index (χ3n) is 3.31. The molecule has 98 valence electrons. The average Bonchev–Trinajstić information content (AvgIpc) is 2.32. The Kier molecular flexibility index (Phi) is 3.57. The van der Waals surface area contributed by atoms with Gasteiger partial charge in [0.05, 0.1) is 17.7 Å². The van der Waals surface area contributed by atoms with Crippen LogP contribution in [0.15, 0.2) is 18.2 Å². The number of hydrogen-bond donors (Lipinski definition) is 2.